The second-order valence-corrected chi connectivity index (χ2v) is 5.13. The Morgan fingerprint density at radius 2 is 2.36 bits per heavy atom. The van der Waals surface area contributed by atoms with Gasteiger partial charge in [-0.25, -0.2) is 4.98 Å². The van der Waals surface area contributed by atoms with E-state index in [0.717, 1.165) is 23.5 Å². The van der Waals surface area contributed by atoms with Crippen molar-refractivity contribution in [3.63, 3.8) is 0 Å². The fourth-order valence-corrected chi connectivity index (χ4v) is 2.76. The van der Waals surface area contributed by atoms with Gasteiger partial charge >= 0.3 is 0 Å². The van der Waals surface area contributed by atoms with E-state index < -0.39 is 0 Å². The van der Waals surface area contributed by atoms with Crippen LogP contribution in [0.15, 0.2) is 11.6 Å². The molecule has 3 heteroatoms. The number of thiazole rings is 1. The average Bonchev–Trinajstić information content (AvgIpc) is 2.69. The van der Waals surface area contributed by atoms with Crippen LogP contribution in [0, 0.1) is 11.8 Å². The third kappa shape index (κ3) is 2.47. The summed E-state index contributed by atoms with van der Waals surface area (Å²) < 4.78 is 0. The molecule has 0 aliphatic heterocycles. The number of nitrogens with one attached hydrogen (secondary N) is 1. The summed E-state index contributed by atoms with van der Waals surface area (Å²) in [5.74, 6) is 1.74. The fraction of sp³-hybridized carbons (Fsp3) is 0.727. The zero-order valence-electron chi connectivity index (χ0n) is 8.70. The van der Waals surface area contributed by atoms with E-state index >= 15 is 0 Å². The molecule has 2 nitrogen and oxygen atoms in total. The van der Waals surface area contributed by atoms with Crippen molar-refractivity contribution in [3.8, 4) is 0 Å². The molecule has 2 rings (SSSR count). The van der Waals surface area contributed by atoms with Gasteiger partial charge in [0.25, 0.3) is 0 Å². The molecule has 14 heavy (non-hydrogen) atoms. The molecular formula is C11H18N2S. The molecule has 1 aliphatic rings. The first-order valence-electron chi connectivity index (χ1n) is 5.49. The van der Waals surface area contributed by atoms with Crippen LogP contribution in [-0.2, 0) is 0 Å². The predicted octanol–water partition coefficient (Wildman–Crippen LogP) is 3.38. The highest BCUT2D eigenvalue weighted by Gasteiger charge is 2.20. The Kier molecular flexibility index (Phi) is 3.40. The number of aromatic nitrogens is 1. The second kappa shape index (κ2) is 4.78. The van der Waals surface area contributed by atoms with Crippen LogP contribution in [0.25, 0.3) is 0 Å². The molecule has 1 N–H and O–H groups in total. The standard InChI is InChI=1S/C11H18N2S/c1-9-4-2-3-5-10(9)8-13-11-12-6-7-14-11/h6-7,9-10H,2-5,8H2,1H3,(H,12,13). The van der Waals surface area contributed by atoms with Gasteiger partial charge in [0.05, 0.1) is 0 Å². The minimum Gasteiger partial charge on any atom is -0.361 e. The number of nitrogens with zero attached hydrogens (tertiary/aromatic N) is 1. The quantitative estimate of drug-likeness (QED) is 0.827. The van der Waals surface area contributed by atoms with Gasteiger partial charge in [0, 0.05) is 18.1 Å². The summed E-state index contributed by atoms with van der Waals surface area (Å²) in [6, 6.07) is 0. The zero-order chi connectivity index (χ0) is 9.80. The van der Waals surface area contributed by atoms with Crippen LogP contribution in [-0.4, -0.2) is 11.5 Å². The highest BCUT2D eigenvalue weighted by molar-refractivity contribution is 7.13. The first kappa shape index (κ1) is 9.97. The summed E-state index contributed by atoms with van der Waals surface area (Å²) in [6.07, 6.45) is 7.49. The lowest BCUT2D eigenvalue weighted by Crippen LogP contribution is -2.24. The van der Waals surface area contributed by atoms with Gasteiger partial charge < -0.3 is 5.32 Å². The molecule has 2 atom stereocenters. The van der Waals surface area contributed by atoms with Crippen LogP contribution >= 0.6 is 11.3 Å². The van der Waals surface area contributed by atoms with Crippen molar-refractivity contribution < 1.29 is 0 Å². The van der Waals surface area contributed by atoms with E-state index in [4.69, 9.17) is 0 Å². The molecule has 2 unspecified atom stereocenters. The highest BCUT2D eigenvalue weighted by atomic mass is 32.1. The van der Waals surface area contributed by atoms with Gasteiger partial charge in [0.15, 0.2) is 5.13 Å². The van der Waals surface area contributed by atoms with Crippen molar-refractivity contribution in [1.82, 2.24) is 4.98 Å². The van der Waals surface area contributed by atoms with Crippen molar-refractivity contribution in [1.29, 1.82) is 0 Å². The minimum absolute atomic E-state index is 0.854. The lowest BCUT2D eigenvalue weighted by atomic mass is 9.80. The van der Waals surface area contributed by atoms with Gasteiger partial charge in [-0.15, -0.1) is 11.3 Å². The minimum atomic E-state index is 0.854. The SMILES string of the molecule is CC1CCCCC1CNc1nccs1. The van der Waals surface area contributed by atoms with E-state index in [-0.39, 0.29) is 0 Å². The monoisotopic (exact) mass is 210 g/mol. The average molecular weight is 210 g/mol. The largest absolute Gasteiger partial charge is 0.361 e. The van der Waals surface area contributed by atoms with Crippen molar-refractivity contribution >= 4 is 16.5 Å². The van der Waals surface area contributed by atoms with Crippen LogP contribution in [0.5, 0.6) is 0 Å². The first-order chi connectivity index (χ1) is 6.86. The topological polar surface area (TPSA) is 24.9 Å². The van der Waals surface area contributed by atoms with Crippen LogP contribution in [0.2, 0.25) is 0 Å². The zero-order valence-corrected chi connectivity index (χ0v) is 9.52. The Labute approximate surface area is 89.8 Å². The summed E-state index contributed by atoms with van der Waals surface area (Å²) in [7, 11) is 0. The third-order valence-corrected chi connectivity index (χ3v) is 3.97. The molecule has 0 bridgehead atoms. The molecule has 1 aromatic rings. The van der Waals surface area contributed by atoms with Crippen molar-refractivity contribution in [2.45, 2.75) is 32.6 Å². The molecule has 0 radical (unpaired) electrons. The van der Waals surface area contributed by atoms with Gasteiger partial charge in [-0.05, 0) is 18.3 Å². The van der Waals surface area contributed by atoms with Gasteiger partial charge in [-0.2, -0.15) is 0 Å². The van der Waals surface area contributed by atoms with Crippen LogP contribution in [0.4, 0.5) is 5.13 Å². The maximum absolute atomic E-state index is 4.23. The van der Waals surface area contributed by atoms with Crippen LogP contribution in [0.1, 0.15) is 32.6 Å². The number of anilines is 1. The second-order valence-electron chi connectivity index (χ2n) is 4.24. The maximum Gasteiger partial charge on any atom is 0.182 e. The molecule has 1 fully saturated rings. The number of rotatable bonds is 3. The van der Waals surface area contributed by atoms with Gasteiger partial charge in [-0.1, -0.05) is 26.2 Å². The summed E-state index contributed by atoms with van der Waals surface area (Å²) >= 11 is 1.69. The number of hydrogen-bond acceptors (Lipinski definition) is 3. The summed E-state index contributed by atoms with van der Waals surface area (Å²) in [5, 5.41) is 6.52. The molecule has 0 spiro atoms. The summed E-state index contributed by atoms with van der Waals surface area (Å²) in [5.41, 5.74) is 0. The molecule has 1 saturated carbocycles. The van der Waals surface area contributed by atoms with E-state index in [1.165, 1.54) is 25.7 Å². The Balaban J connectivity index is 1.79. The Bertz CT molecular complexity index is 258. The molecule has 0 saturated heterocycles. The lowest BCUT2D eigenvalue weighted by Gasteiger charge is -2.28. The smallest absolute Gasteiger partial charge is 0.182 e. The van der Waals surface area contributed by atoms with E-state index in [2.05, 4.69) is 17.2 Å². The Morgan fingerprint density at radius 1 is 1.50 bits per heavy atom. The maximum atomic E-state index is 4.23. The molecule has 0 amide bonds. The van der Waals surface area contributed by atoms with Crippen LogP contribution < -0.4 is 5.32 Å². The summed E-state index contributed by atoms with van der Waals surface area (Å²) in [6.45, 7) is 3.49. The summed E-state index contributed by atoms with van der Waals surface area (Å²) in [4.78, 5) is 4.23. The molecule has 78 valence electrons. The first-order valence-corrected chi connectivity index (χ1v) is 6.37. The van der Waals surface area contributed by atoms with E-state index in [9.17, 15) is 0 Å². The Morgan fingerprint density at radius 3 is 3.07 bits per heavy atom. The molecule has 1 heterocycles. The fourth-order valence-electron chi connectivity index (χ4n) is 2.23. The van der Waals surface area contributed by atoms with Crippen molar-refractivity contribution in [2.75, 3.05) is 11.9 Å². The Hall–Kier alpha value is -0.570. The normalized spacial score (nSPS) is 27.5. The highest BCUT2D eigenvalue weighted by Crippen LogP contribution is 2.29. The van der Waals surface area contributed by atoms with Gasteiger partial charge in [0.2, 0.25) is 0 Å². The number of hydrogen-bond donors (Lipinski definition) is 1. The third-order valence-electron chi connectivity index (χ3n) is 3.24. The van der Waals surface area contributed by atoms with Crippen molar-refractivity contribution in [3.05, 3.63) is 11.6 Å². The predicted molar refractivity (Wildman–Crippen MR) is 61.7 cm³/mol. The van der Waals surface area contributed by atoms with Gasteiger partial charge in [0.1, 0.15) is 0 Å². The lowest BCUT2D eigenvalue weighted by molar-refractivity contribution is 0.268. The van der Waals surface area contributed by atoms with E-state index in [0.29, 0.717) is 0 Å². The molecule has 1 aliphatic carbocycles. The van der Waals surface area contributed by atoms with Crippen molar-refractivity contribution in [2.24, 2.45) is 11.8 Å². The molecular weight excluding hydrogens is 192 g/mol. The molecule has 1 aromatic heterocycles. The van der Waals surface area contributed by atoms with Gasteiger partial charge in [-0.3, -0.25) is 0 Å². The van der Waals surface area contributed by atoms with Crippen LogP contribution in [0.3, 0.4) is 0 Å². The van der Waals surface area contributed by atoms with E-state index in [1.54, 1.807) is 11.3 Å². The molecule has 0 aromatic carbocycles. The van der Waals surface area contributed by atoms with E-state index in [1.807, 2.05) is 11.6 Å².